The van der Waals surface area contributed by atoms with E-state index < -0.39 is 10.0 Å². The Morgan fingerprint density at radius 3 is 2.14 bits per heavy atom. The van der Waals surface area contributed by atoms with Gasteiger partial charge in [0.1, 0.15) is 5.82 Å². The van der Waals surface area contributed by atoms with E-state index in [1.54, 1.807) is 30.3 Å². The Balaban J connectivity index is 0.00000242. The summed E-state index contributed by atoms with van der Waals surface area (Å²) in [6.07, 6.45) is 1.62. The summed E-state index contributed by atoms with van der Waals surface area (Å²) in [7, 11) is -3.63. The summed E-state index contributed by atoms with van der Waals surface area (Å²) in [6.45, 7) is 2.37. The Bertz CT molecular complexity index is 675. The second kappa shape index (κ2) is 8.15. The lowest BCUT2D eigenvalue weighted by atomic mass is 10.3. The van der Waals surface area contributed by atoms with Crippen molar-refractivity contribution in [3.05, 3.63) is 60.4 Å². The molecular weight excluding hydrogens is 325 g/mol. The number of halogens is 2. The van der Waals surface area contributed by atoms with Crippen LogP contribution in [0.2, 0.25) is 0 Å². The molecule has 0 bridgehead atoms. The van der Waals surface area contributed by atoms with Crippen molar-refractivity contribution in [1.29, 1.82) is 0 Å². The maximum atomic E-state index is 13.1. The monoisotopic (exact) mass is 343 g/mol. The molecule has 3 nitrogen and oxygen atoms in total. The van der Waals surface area contributed by atoms with Crippen molar-refractivity contribution in [1.82, 2.24) is 0 Å². The lowest BCUT2D eigenvalue weighted by Gasteiger charge is -2.24. The molecule has 2 rings (SSSR count). The molecule has 0 aromatic heterocycles. The molecule has 0 spiro atoms. The van der Waals surface area contributed by atoms with Gasteiger partial charge in [-0.25, -0.2) is 12.8 Å². The van der Waals surface area contributed by atoms with E-state index in [1.165, 1.54) is 28.6 Å². The summed E-state index contributed by atoms with van der Waals surface area (Å²) in [5.74, 6) is -0.383. The zero-order chi connectivity index (χ0) is 15.3. The van der Waals surface area contributed by atoms with Gasteiger partial charge in [-0.05, 0) is 42.8 Å². The molecule has 2 aromatic rings. The molecule has 0 unspecified atom stereocenters. The lowest BCUT2D eigenvalue weighted by Crippen LogP contribution is -2.32. The summed E-state index contributed by atoms with van der Waals surface area (Å²) in [6, 6.07) is 13.8. The van der Waals surface area contributed by atoms with Crippen LogP contribution in [-0.4, -0.2) is 15.0 Å². The molecule has 120 valence electrons. The van der Waals surface area contributed by atoms with Crippen molar-refractivity contribution in [3.8, 4) is 0 Å². The van der Waals surface area contributed by atoms with Crippen molar-refractivity contribution < 1.29 is 12.8 Å². The van der Waals surface area contributed by atoms with Gasteiger partial charge in [-0.1, -0.05) is 31.5 Å². The van der Waals surface area contributed by atoms with Gasteiger partial charge in [-0.3, -0.25) is 4.31 Å². The molecule has 0 fully saturated rings. The van der Waals surface area contributed by atoms with Crippen LogP contribution in [0.5, 0.6) is 0 Å². The Morgan fingerprint density at radius 1 is 1.00 bits per heavy atom. The van der Waals surface area contributed by atoms with Crippen LogP contribution in [0.4, 0.5) is 10.1 Å². The van der Waals surface area contributed by atoms with Gasteiger partial charge in [0.15, 0.2) is 0 Å². The minimum absolute atomic E-state index is 0. The highest BCUT2D eigenvalue weighted by Gasteiger charge is 2.24. The van der Waals surface area contributed by atoms with Crippen LogP contribution in [-0.2, 0) is 10.0 Å². The fourth-order valence-corrected chi connectivity index (χ4v) is 3.54. The van der Waals surface area contributed by atoms with E-state index in [0.29, 0.717) is 12.2 Å². The highest BCUT2D eigenvalue weighted by atomic mass is 35.5. The van der Waals surface area contributed by atoms with E-state index in [4.69, 9.17) is 0 Å². The number of hydrogen-bond donors (Lipinski definition) is 0. The number of nitrogens with zero attached hydrogens (tertiary/aromatic N) is 1. The van der Waals surface area contributed by atoms with Crippen molar-refractivity contribution in [3.63, 3.8) is 0 Å². The first-order valence-corrected chi connectivity index (χ1v) is 8.33. The van der Waals surface area contributed by atoms with Gasteiger partial charge in [0.2, 0.25) is 0 Å². The Morgan fingerprint density at radius 2 is 1.59 bits per heavy atom. The number of rotatable bonds is 6. The van der Waals surface area contributed by atoms with Gasteiger partial charge in [0, 0.05) is 6.54 Å². The molecule has 2 aromatic carbocycles. The first kappa shape index (κ1) is 18.5. The van der Waals surface area contributed by atoms with Crippen LogP contribution in [0.1, 0.15) is 19.8 Å². The predicted molar refractivity (Wildman–Crippen MR) is 89.5 cm³/mol. The van der Waals surface area contributed by atoms with Crippen molar-refractivity contribution in [2.75, 3.05) is 10.8 Å². The topological polar surface area (TPSA) is 37.4 Å². The van der Waals surface area contributed by atoms with Crippen LogP contribution in [0, 0.1) is 5.82 Å². The minimum atomic E-state index is -3.63. The van der Waals surface area contributed by atoms with Crippen molar-refractivity contribution in [2.24, 2.45) is 0 Å². The largest absolute Gasteiger partial charge is 0.266 e. The van der Waals surface area contributed by atoms with Crippen LogP contribution in [0.25, 0.3) is 0 Å². The second-order valence-electron chi connectivity index (χ2n) is 4.72. The zero-order valence-corrected chi connectivity index (χ0v) is 13.9. The highest BCUT2D eigenvalue weighted by Crippen LogP contribution is 2.24. The number of hydrogen-bond acceptors (Lipinski definition) is 2. The average molecular weight is 344 g/mol. The fraction of sp³-hybridized carbons (Fsp3) is 0.250. The van der Waals surface area contributed by atoms with E-state index in [9.17, 15) is 12.8 Å². The second-order valence-corrected chi connectivity index (χ2v) is 6.58. The molecule has 0 N–H and O–H groups in total. The summed E-state index contributed by atoms with van der Waals surface area (Å²) in [4.78, 5) is 0.241. The number of unbranched alkanes of at least 4 members (excludes halogenated alkanes) is 1. The molecule has 0 aliphatic heterocycles. The Labute approximate surface area is 137 Å². The van der Waals surface area contributed by atoms with Gasteiger partial charge in [0.25, 0.3) is 10.0 Å². The first-order chi connectivity index (χ1) is 10.1. The standard InChI is InChI=1S/C16H18FNO2S.ClH/c1-2-3-13-18(15-11-9-14(17)10-12-15)21(19,20)16-7-5-4-6-8-16;/h4-12H,2-3,13H2,1H3;1H. The summed E-state index contributed by atoms with van der Waals surface area (Å²) in [5.41, 5.74) is 0.480. The minimum Gasteiger partial charge on any atom is -0.266 e. The first-order valence-electron chi connectivity index (χ1n) is 6.89. The molecule has 0 radical (unpaired) electrons. The molecule has 0 aliphatic rings. The van der Waals surface area contributed by atoms with Gasteiger partial charge >= 0.3 is 0 Å². The average Bonchev–Trinajstić information content (AvgIpc) is 2.50. The normalized spacial score (nSPS) is 10.8. The van der Waals surface area contributed by atoms with Crippen LogP contribution in [0.3, 0.4) is 0 Å². The molecule has 6 heteroatoms. The molecule has 0 atom stereocenters. The maximum Gasteiger partial charge on any atom is 0.264 e. The third-order valence-electron chi connectivity index (χ3n) is 3.16. The molecule has 0 aliphatic carbocycles. The van der Waals surface area contributed by atoms with Crippen LogP contribution < -0.4 is 4.31 Å². The van der Waals surface area contributed by atoms with E-state index >= 15 is 0 Å². The molecular formula is C16H19ClFNO2S. The maximum absolute atomic E-state index is 13.1. The van der Waals surface area contributed by atoms with E-state index in [1.807, 2.05) is 6.92 Å². The smallest absolute Gasteiger partial charge is 0.264 e. The Kier molecular flexibility index (Phi) is 6.84. The third-order valence-corrected chi connectivity index (χ3v) is 5.00. The van der Waals surface area contributed by atoms with Crippen molar-refractivity contribution in [2.45, 2.75) is 24.7 Å². The molecule has 0 saturated heterocycles. The molecule has 22 heavy (non-hydrogen) atoms. The van der Waals surface area contributed by atoms with Gasteiger partial charge < -0.3 is 0 Å². The van der Waals surface area contributed by atoms with Gasteiger partial charge in [-0.15, -0.1) is 12.4 Å². The SMILES string of the molecule is CCCCN(c1ccc(F)cc1)S(=O)(=O)c1ccccc1.Cl. The van der Waals surface area contributed by atoms with E-state index in [2.05, 4.69) is 0 Å². The third kappa shape index (κ3) is 4.21. The van der Waals surface area contributed by atoms with Gasteiger partial charge in [-0.2, -0.15) is 0 Å². The summed E-state index contributed by atoms with van der Waals surface area (Å²) in [5, 5.41) is 0. The lowest BCUT2D eigenvalue weighted by molar-refractivity contribution is 0.588. The van der Waals surface area contributed by atoms with E-state index in [-0.39, 0.29) is 23.1 Å². The van der Waals surface area contributed by atoms with Crippen LogP contribution >= 0.6 is 12.4 Å². The number of anilines is 1. The predicted octanol–water partition coefficient (Wildman–Crippen LogP) is 4.24. The number of benzene rings is 2. The fourth-order valence-electron chi connectivity index (χ4n) is 2.02. The zero-order valence-electron chi connectivity index (χ0n) is 12.3. The van der Waals surface area contributed by atoms with Crippen molar-refractivity contribution >= 4 is 28.1 Å². The molecule has 0 amide bonds. The molecule has 0 saturated carbocycles. The summed E-state index contributed by atoms with van der Waals surface area (Å²) < 4.78 is 39.9. The highest BCUT2D eigenvalue weighted by molar-refractivity contribution is 7.92. The van der Waals surface area contributed by atoms with Crippen LogP contribution in [0.15, 0.2) is 59.5 Å². The van der Waals surface area contributed by atoms with E-state index in [0.717, 1.165) is 12.8 Å². The molecule has 0 heterocycles. The van der Waals surface area contributed by atoms with Gasteiger partial charge in [0.05, 0.1) is 10.6 Å². The number of sulfonamides is 1. The Hall–Kier alpha value is -1.59. The summed E-state index contributed by atoms with van der Waals surface area (Å²) >= 11 is 0. The quantitative estimate of drug-likeness (QED) is 0.786.